The second kappa shape index (κ2) is 5.40. The van der Waals surface area contributed by atoms with Crippen LogP contribution in [0.15, 0.2) is 47.1 Å². The van der Waals surface area contributed by atoms with Crippen LogP contribution >= 0.6 is 0 Å². The molecule has 2 aromatic rings. The first kappa shape index (κ1) is 12.2. The van der Waals surface area contributed by atoms with Crippen LogP contribution in [0.5, 0.6) is 0 Å². The third kappa shape index (κ3) is 2.71. The van der Waals surface area contributed by atoms with E-state index in [0.29, 0.717) is 0 Å². The zero-order chi connectivity index (χ0) is 13.0. The van der Waals surface area contributed by atoms with Crippen molar-refractivity contribution in [3.05, 3.63) is 54.0 Å². The summed E-state index contributed by atoms with van der Waals surface area (Å²) < 4.78 is 5.36. The quantitative estimate of drug-likeness (QED) is 0.845. The number of hydrogen-bond donors (Lipinski definition) is 2. The van der Waals surface area contributed by atoms with Gasteiger partial charge in [-0.05, 0) is 36.8 Å². The number of anilines is 1. The highest BCUT2D eigenvalue weighted by molar-refractivity contribution is 5.88. The second-order valence-electron chi connectivity index (χ2n) is 4.01. The standard InChI is InChI=1S/C14H15NO3/c1-2-12(13-7-4-8-18-13)15-11-6-3-5-10(9-11)14(16)17/h3-9,12,15H,2H2,1H3,(H,16,17). The minimum Gasteiger partial charge on any atom is -0.478 e. The van der Waals surface area contributed by atoms with Crippen molar-refractivity contribution in [1.29, 1.82) is 0 Å². The highest BCUT2D eigenvalue weighted by atomic mass is 16.4. The van der Waals surface area contributed by atoms with Crippen LogP contribution in [0.4, 0.5) is 5.69 Å². The Morgan fingerprint density at radius 3 is 2.83 bits per heavy atom. The number of nitrogens with one attached hydrogen (secondary N) is 1. The van der Waals surface area contributed by atoms with E-state index < -0.39 is 5.97 Å². The lowest BCUT2D eigenvalue weighted by Gasteiger charge is -2.16. The first-order valence-corrected chi connectivity index (χ1v) is 5.84. The molecule has 0 saturated heterocycles. The van der Waals surface area contributed by atoms with E-state index in [0.717, 1.165) is 17.9 Å². The maximum Gasteiger partial charge on any atom is 0.335 e. The van der Waals surface area contributed by atoms with Crippen LogP contribution in [-0.2, 0) is 0 Å². The van der Waals surface area contributed by atoms with Crippen LogP contribution in [0.25, 0.3) is 0 Å². The van der Waals surface area contributed by atoms with Crippen LogP contribution < -0.4 is 5.32 Å². The summed E-state index contributed by atoms with van der Waals surface area (Å²) in [5.41, 5.74) is 1.05. The van der Waals surface area contributed by atoms with Crippen molar-refractivity contribution in [2.75, 3.05) is 5.32 Å². The number of carboxylic acids is 1. The molecule has 94 valence electrons. The summed E-state index contributed by atoms with van der Waals surface area (Å²) in [5, 5.41) is 12.2. The van der Waals surface area contributed by atoms with Crippen LogP contribution in [0.1, 0.15) is 35.5 Å². The van der Waals surface area contributed by atoms with Gasteiger partial charge >= 0.3 is 5.97 Å². The molecule has 0 radical (unpaired) electrons. The Balaban J connectivity index is 2.17. The maximum atomic E-state index is 10.9. The highest BCUT2D eigenvalue weighted by Crippen LogP contribution is 2.23. The fourth-order valence-electron chi connectivity index (χ4n) is 1.81. The summed E-state index contributed by atoms with van der Waals surface area (Å²) >= 11 is 0. The molecule has 0 amide bonds. The van der Waals surface area contributed by atoms with Gasteiger partial charge in [-0.15, -0.1) is 0 Å². The van der Waals surface area contributed by atoms with Crippen LogP contribution in [0, 0.1) is 0 Å². The van der Waals surface area contributed by atoms with Crippen molar-refractivity contribution in [2.45, 2.75) is 19.4 Å². The SMILES string of the molecule is CCC(Nc1cccc(C(=O)O)c1)c1ccco1. The van der Waals surface area contributed by atoms with E-state index >= 15 is 0 Å². The molecule has 1 heterocycles. The Bertz CT molecular complexity index is 520. The van der Waals surface area contributed by atoms with Gasteiger partial charge in [0.25, 0.3) is 0 Å². The minimum absolute atomic E-state index is 0.0454. The lowest BCUT2D eigenvalue weighted by Crippen LogP contribution is -2.09. The molecule has 1 atom stereocenters. The lowest BCUT2D eigenvalue weighted by atomic mass is 10.1. The van der Waals surface area contributed by atoms with Crippen LogP contribution in [0.2, 0.25) is 0 Å². The van der Waals surface area contributed by atoms with Gasteiger partial charge in [-0.3, -0.25) is 0 Å². The number of benzene rings is 1. The number of carboxylic acid groups (broad SMARTS) is 1. The van der Waals surface area contributed by atoms with Crippen molar-refractivity contribution < 1.29 is 14.3 Å². The Hall–Kier alpha value is -2.23. The van der Waals surface area contributed by atoms with Gasteiger partial charge in [0.05, 0.1) is 17.9 Å². The third-order valence-corrected chi connectivity index (χ3v) is 2.75. The molecule has 1 aromatic carbocycles. The molecule has 2 rings (SSSR count). The van der Waals surface area contributed by atoms with Crippen molar-refractivity contribution in [2.24, 2.45) is 0 Å². The largest absolute Gasteiger partial charge is 0.478 e. The average molecular weight is 245 g/mol. The molecule has 0 saturated carbocycles. The Kier molecular flexibility index (Phi) is 3.67. The van der Waals surface area contributed by atoms with Crippen molar-refractivity contribution in [3.8, 4) is 0 Å². The van der Waals surface area contributed by atoms with Crippen molar-refractivity contribution >= 4 is 11.7 Å². The van der Waals surface area contributed by atoms with E-state index in [4.69, 9.17) is 9.52 Å². The zero-order valence-corrected chi connectivity index (χ0v) is 10.1. The highest BCUT2D eigenvalue weighted by Gasteiger charge is 2.12. The summed E-state index contributed by atoms with van der Waals surface area (Å²) in [4.78, 5) is 10.9. The van der Waals surface area contributed by atoms with Gasteiger partial charge in [-0.1, -0.05) is 13.0 Å². The number of aromatic carboxylic acids is 1. The molecule has 1 aromatic heterocycles. The minimum atomic E-state index is -0.926. The molecule has 0 aliphatic heterocycles. The van der Waals surface area contributed by atoms with E-state index in [9.17, 15) is 4.79 Å². The summed E-state index contributed by atoms with van der Waals surface area (Å²) in [6, 6.07) is 10.5. The molecular weight excluding hydrogens is 230 g/mol. The normalized spacial score (nSPS) is 12.1. The second-order valence-corrected chi connectivity index (χ2v) is 4.01. The summed E-state index contributed by atoms with van der Waals surface area (Å²) in [5.74, 6) is -0.0806. The van der Waals surface area contributed by atoms with Crippen LogP contribution in [0.3, 0.4) is 0 Å². The third-order valence-electron chi connectivity index (χ3n) is 2.75. The molecule has 0 fully saturated rings. The van der Waals surface area contributed by atoms with Gasteiger partial charge in [0.2, 0.25) is 0 Å². The Morgan fingerprint density at radius 2 is 2.22 bits per heavy atom. The Labute approximate surface area is 105 Å². The first-order valence-electron chi connectivity index (χ1n) is 5.84. The molecule has 4 heteroatoms. The maximum absolute atomic E-state index is 10.9. The predicted molar refractivity (Wildman–Crippen MR) is 68.8 cm³/mol. The monoisotopic (exact) mass is 245 g/mol. The first-order chi connectivity index (χ1) is 8.70. The van der Waals surface area contributed by atoms with Gasteiger partial charge in [0.15, 0.2) is 0 Å². The molecule has 0 aliphatic rings. The van der Waals surface area contributed by atoms with Gasteiger partial charge in [0, 0.05) is 5.69 Å². The zero-order valence-electron chi connectivity index (χ0n) is 10.1. The number of carbonyl (C=O) groups is 1. The molecule has 18 heavy (non-hydrogen) atoms. The van der Waals surface area contributed by atoms with Crippen molar-refractivity contribution in [3.63, 3.8) is 0 Å². The number of rotatable bonds is 5. The van der Waals surface area contributed by atoms with Crippen LogP contribution in [-0.4, -0.2) is 11.1 Å². The average Bonchev–Trinajstić information content (AvgIpc) is 2.90. The molecule has 4 nitrogen and oxygen atoms in total. The smallest absolute Gasteiger partial charge is 0.335 e. The van der Waals surface area contributed by atoms with E-state index in [1.54, 1.807) is 24.5 Å². The van der Waals surface area contributed by atoms with E-state index in [-0.39, 0.29) is 11.6 Å². The van der Waals surface area contributed by atoms with E-state index in [1.807, 2.05) is 25.1 Å². The predicted octanol–water partition coefficient (Wildman–Crippen LogP) is 3.54. The topological polar surface area (TPSA) is 62.5 Å². The molecule has 0 spiro atoms. The van der Waals surface area contributed by atoms with Gasteiger partial charge in [-0.25, -0.2) is 4.79 Å². The molecule has 0 bridgehead atoms. The summed E-state index contributed by atoms with van der Waals surface area (Å²) in [7, 11) is 0. The molecular formula is C14H15NO3. The molecule has 2 N–H and O–H groups in total. The number of furan rings is 1. The molecule has 0 aliphatic carbocycles. The van der Waals surface area contributed by atoms with Gasteiger partial charge in [0.1, 0.15) is 5.76 Å². The summed E-state index contributed by atoms with van der Waals surface area (Å²) in [6.45, 7) is 2.04. The lowest BCUT2D eigenvalue weighted by molar-refractivity contribution is 0.0697. The fraction of sp³-hybridized carbons (Fsp3) is 0.214. The van der Waals surface area contributed by atoms with Gasteiger partial charge in [-0.2, -0.15) is 0 Å². The Morgan fingerprint density at radius 1 is 1.39 bits per heavy atom. The van der Waals surface area contributed by atoms with E-state index in [1.165, 1.54) is 0 Å². The fourth-order valence-corrected chi connectivity index (χ4v) is 1.81. The number of hydrogen-bond acceptors (Lipinski definition) is 3. The summed E-state index contributed by atoms with van der Waals surface area (Å²) in [6.07, 6.45) is 2.48. The molecule has 1 unspecified atom stereocenters. The van der Waals surface area contributed by atoms with Gasteiger partial charge < -0.3 is 14.8 Å². The van der Waals surface area contributed by atoms with E-state index in [2.05, 4.69) is 5.32 Å². The van der Waals surface area contributed by atoms with Crippen molar-refractivity contribution in [1.82, 2.24) is 0 Å².